The molecule has 1 fully saturated rings. The molecule has 0 aliphatic heterocycles. The molecule has 0 amide bonds. The summed E-state index contributed by atoms with van der Waals surface area (Å²) >= 11 is 0. The average Bonchev–Trinajstić information content (AvgIpc) is 3.57. The molecule has 5 rings (SSSR count). The molecule has 0 heterocycles. The number of carbonyl (C=O) groups excluding carboxylic acids is 12. The maximum Gasteiger partial charge on any atom is 0.338 e. The number of hydrogen-bond acceptors (Lipinski definition) is 25. The van der Waals surface area contributed by atoms with Crippen molar-refractivity contribution in [2.45, 2.75) is 64.7 Å². The molecule has 3 aromatic carbocycles. The van der Waals surface area contributed by atoms with Gasteiger partial charge in [-0.05, 0) is 99.5 Å². The summed E-state index contributed by atoms with van der Waals surface area (Å²) in [5.41, 5.74) is 2.84. The van der Waals surface area contributed by atoms with Crippen molar-refractivity contribution in [3.8, 4) is 6.07 Å². The SMILES string of the molecule is COC(=O)C1=C(C(=O)OC)CCCC1.COC(=O)C1CCCC(C(=O)OC)C1.COC(=O)CC#N.COC(=O)c1ccc(C(=O)OC)cc1.COC(=O)c1cccc(C(=O)OC)c1.COC(=O)c1ccccc1C(=O)OC.COC(C)=O. The van der Waals surface area contributed by atoms with Crippen LogP contribution in [0, 0.1) is 23.2 Å². The van der Waals surface area contributed by atoms with Gasteiger partial charge in [-0.2, -0.15) is 5.26 Å². The van der Waals surface area contributed by atoms with E-state index < -0.39 is 53.7 Å². The molecular weight excluding hydrogens is 1080 g/mol. The molecule has 0 bridgehead atoms. The van der Waals surface area contributed by atoms with Gasteiger partial charge in [-0.15, -0.1) is 0 Å². The molecule has 25 nitrogen and oxygen atoms in total. The average molecular weight is 1150 g/mol. The van der Waals surface area contributed by atoms with E-state index in [2.05, 4.69) is 56.8 Å². The number of nitriles is 1. The van der Waals surface area contributed by atoms with Crippen LogP contribution in [-0.2, 0) is 85.6 Å². The standard InChI is InChI=1S/C10H10O4.C10H16O4.C10H10O4.C10H14O4.C10H10O4.C4H5NO2.C3H6O2/c1-13-9(11)7-3-5-8(6-4-7)10(12)14-2;2*1-13-9(11)7-4-3-5-8(6-7)10(12)14-2;2*1-13-9(11)7-5-3-4-6-8(7)10(12)14-2;1-7-4(6)2-3-5;1-3(4)5-2/h3-6H,1-2H3;7-8H,3-6H2,1-2H3;3-6H,1-2H3;3-6H2,1-2H3;3-6H,1-2H3;2H2,1H3;1-2H3. The van der Waals surface area contributed by atoms with Crippen LogP contribution in [0.3, 0.4) is 0 Å². The van der Waals surface area contributed by atoms with Crippen LogP contribution in [0.25, 0.3) is 0 Å². The largest absolute Gasteiger partial charge is 0.469 e. The van der Waals surface area contributed by atoms with Crippen LogP contribution in [0.2, 0.25) is 0 Å². The molecule has 448 valence electrons. The number of hydrogen-bond donors (Lipinski definition) is 0. The Bertz CT molecular complexity index is 2520. The van der Waals surface area contributed by atoms with Crippen LogP contribution >= 0.6 is 0 Å². The number of benzene rings is 3. The molecule has 25 heteroatoms. The molecule has 82 heavy (non-hydrogen) atoms. The lowest BCUT2D eigenvalue weighted by Gasteiger charge is -2.25. The molecule has 3 aromatic rings. The van der Waals surface area contributed by atoms with Crippen LogP contribution in [0.1, 0.15) is 127 Å². The zero-order valence-electron chi connectivity index (χ0n) is 48.2. The van der Waals surface area contributed by atoms with Gasteiger partial charge >= 0.3 is 71.6 Å². The van der Waals surface area contributed by atoms with E-state index in [-0.39, 0.29) is 47.3 Å². The Hall–Kier alpha value is -9.47. The normalized spacial score (nSPS) is 13.1. The van der Waals surface area contributed by atoms with Crippen LogP contribution in [0.5, 0.6) is 0 Å². The molecule has 0 spiro atoms. The smallest absolute Gasteiger partial charge is 0.338 e. The zero-order chi connectivity index (χ0) is 62.7. The first kappa shape index (κ1) is 74.6. The first-order valence-electron chi connectivity index (χ1n) is 24.4. The van der Waals surface area contributed by atoms with Crippen molar-refractivity contribution in [2.75, 3.05) is 85.3 Å². The van der Waals surface area contributed by atoms with Gasteiger partial charge < -0.3 is 56.8 Å². The summed E-state index contributed by atoms with van der Waals surface area (Å²) in [5.74, 6) is -5.14. The molecule has 0 saturated heterocycles. The monoisotopic (exact) mass is 1150 g/mol. The van der Waals surface area contributed by atoms with Gasteiger partial charge in [-0.25, -0.2) is 38.4 Å². The Labute approximate surface area is 475 Å². The lowest BCUT2D eigenvalue weighted by Crippen LogP contribution is -2.28. The van der Waals surface area contributed by atoms with E-state index in [4.69, 9.17) is 5.26 Å². The predicted molar refractivity (Wildman–Crippen MR) is 286 cm³/mol. The van der Waals surface area contributed by atoms with Crippen molar-refractivity contribution in [3.05, 3.63) is 117 Å². The van der Waals surface area contributed by atoms with Crippen molar-refractivity contribution < 1.29 is 114 Å². The van der Waals surface area contributed by atoms with Crippen LogP contribution in [0.15, 0.2) is 83.9 Å². The minimum Gasteiger partial charge on any atom is -0.469 e. The van der Waals surface area contributed by atoms with Gasteiger partial charge in [-0.1, -0.05) is 24.6 Å². The van der Waals surface area contributed by atoms with E-state index in [9.17, 15) is 57.5 Å². The molecule has 2 atom stereocenters. The summed E-state index contributed by atoms with van der Waals surface area (Å²) in [6.07, 6.45) is 6.00. The van der Waals surface area contributed by atoms with Crippen molar-refractivity contribution in [3.63, 3.8) is 0 Å². The summed E-state index contributed by atoms with van der Waals surface area (Å²) in [6, 6.07) is 20.2. The van der Waals surface area contributed by atoms with Gasteiger partial charge in [0.15, 0.2) is 0 Å². The topological polar surface area (TPSA) is 339 Å². The van der Waals surface area contributed by atoms with Gasteiger partial charge in [0.05, 0.1) is 137 Å². The maximum absolute atomic E-state index is 11.3. The van der Waals surface area contributed by atoms with E-state index in [1.54, 1.807) is 36.4 Å². The summed E-state index contributed by atoms with van der Waals surface area (Å²) < 4.78 is 53.9. The number of ether oxygens (including phenoxy) is 12. The van der Waals surface area contributed by atoms with E-state index in [0.717, 1.165) is 32.1 Å². The summed E-state index contributed by atoms with van der Waals surface area (Å²) in [4.78, 5) is 131. The molecular formula is C57H71NO24. The highest BCUT2D eigenvalue weighted by Crippen LogP contribution is 2.30. The molecule has 2 aliphatic carbocycles. The molecule has 1 saturated carbocycles. The van der Waals surface area contributed by atoms with Crippen LogP contribution in [0.4, 0.5) is 0 Å². The predicted octanol–water partition coefficient (Wildman–Crippen LogP) is 6.37. The van der Waals surface area contributed by atoms with Gasteiger partial charge in [0.1, 0.15) is 6.42 Å². The lowest BCUT2D eigenvalue weighted by molar-refractivity contribution is -0.152. The van der Waals surface area contributed by atoms with E-state index in [1.165, 1.54) is 135 Å². The highest BCUT2D eigenvalue weighted by atomic mass is 16.6. The second kappa shape index (κ2) is 43.4. The van der Waals surface area contributed by atoms with E-state index >= 15 is 0 Å². The molecule has 0 N–H and O–H groups in total. The third kappa shape index (κ3) is 28.4. The number of nitrogens with zero attached hydrogens (tertiary/aromatic N) is 1. The number of rotatable bonds is 11. The second-order valence-corrected chi connectivity index (χ2v) is 16.0. The van der Waals surface area contributed by atoms with E-state index in [1.807, 2.05) is 0 Å². The van der Waals surface area contributed by atoms with Gasteiger partial charge in [0.2, 0.25) is 0 Å². The number of carbonyl (C=O) groups is 12. The molecule has 2 aliphatic rings. The minimum absolute atomic E-state index is 0.127. The molecule has 0 aromatic heterocycles. The summed E-state index contributed by atoms with van der Waals surface area (Å²) in [7, 11) is 15.7. The Balaban J connectivity index is 0. The molecule has 0 radical (unpaired) electrons. The Morgan fingerprint density at radius 2 is 0.732 bits per heavy atom. The fourth-order valence-electron chi connectivity index (χ4n) is 6.74. The fraction of sp³-hybridized carbons (Fsp3) is 0.421. The van der Waals surface area contributed by atoms with Crippen molar-refractivity contribution in [2.24, 2.45) is 11.8 Å². The van der Waals surface area contributed by atoms with Gasteiger partial charge in [0, 0.05) is 18.1 Å². The quantitative estimate of drug-likeness (QED) is 0.148. The Morgan fingerprint density at radius 1 is 0.402 bits per heavy atom. The maximum atomic E-state index is 11.3. The lowest BCUT2D eigenvalue weighted by atomic mass is 9.81. The minimum atomic E-state index is -0.550. The van der Waals surface area contributed by atoms with Gasteiger partial charge in [0.25, 0.3) is 0 Å². The Kier molecular flexibility index (Phi) is 39.5. The summed E-state index contributed by atoms with van der Waals surface area (Å²) in [5, 5.41) is 7.82. The van der Waals surface area contributed by atoms with Crippen molar-refractivity contribution in [1.82, 2.24) is 0 Å². The second-order valence-electron chi connectivity index (χ2n) is 16.0. The zero-order valence-corrected chi connectivity index (χ0v) is 48.2. The molecule has 2 unspecified atom stereocenters. The highest BCUT2D eigenvalue weighted by molar-refractivity contribution is 6.03. The van der Waals surface area contributed by atoms with E-state index in [0.29, 0.717) is 52.7 Å². The first-order chi connectivity index (χ1) is 39.0. The Morgan fingerprint density at radius 3 is 1.00 bits per heavy atom. The fourth-order valence-corrected chi connectivity index (χ4v) is 6.74. The van der Waals surface area contributed by atoms with Gasteiger partial charge in [-0.3, -0.25) is 19.2 Å². The summed E-state index contributed by atoms with van der Waals surface area (Å²) in [6.45, 7) is 1.36. The third-order valence-corrected chi connectivity index (χ3v) is 11.0. The third-order valence-electron chi connectivity index (χ3n) is 11.0. The number of methoxy groups -OCH3 is 12. The highest BCUT2D eigenvalue weighted by Gasteiger charge is 2.32. The first-order valence-corrected chi connectivity index (χ1v) is 24.4. The van der Waals surface area contributed by atoms with Crippen LogP contribution in [-0.4, -0.2) is 157 Å². The number of esters is 12. The van der Waals surface area contributed by atoms with Crippen molar-refractivity contribution >= 4 is 71.6 Å². The van der Waals surface area contributed by atoms with Crippen LogP contribution < -0.4 is 0 Å². The van der Waals surface area contributed by atoms with Crippen molar-refractivity contribution in [1.29, 1.82) is 5.26 Å².